The van der Waals surface area contributed by atoms with Crippen LogP contribution >= 0.6 is 0 Å². The number of hydrogen-bond donors (Lipinski definition) is 1. The molecule has 1 atom stereocenters. The largest absolute Gasteiger partial charge is 0.486 e. The molecule has 1 amide bonds. The van der Waals surface area contributed by atoms with E-state index >= 15 is 0 Å². The van der Waals surface area contributed by atoms with Crippen molar-refractivity contribution >= 4 is 5.91 Å². The molecule has 21 heavy (non-hydrogen) atoms. The molecule has 2 aliphatic rings. The molecule has 114 valence electrons. The van der Waals surface area contributed by atoms with Gasteiger partial charge in [-0.2, -0.15) is 0 Å². The highest BCUT2D eigenvalue weighted by Gasteiger charge is 2.25. The Morgan fingerprint density at radius 1 is 1.24 bits per heavy atom. The first kappa shape index (κ1) is 14.2. The second-order valence-electron chi connectivity index (χ2n) is 5.70. The van der Waals surface area contributed by atoms with Gasteiger partial charge < -0.3 is 14.8 Å². The normalized spacial score (nSPS) is 21.8. The summed E-state index contributed by atoms with van der Waals surface area (Å²) in [5.74, 6) is 1.75. The average molecular weight is 290 g/mol. The van der Waals surface area contributed by atoms with Crippen molar-refractivity contribution in [1.29, 1.82) is 0 Å². The fraction of sp³-hybridized carbons (Fsp3) is 0.562. The number of benzene rings is 1. The Morgan fingerprint density at radius 3 is 2.90 bits per heavy atom. The first-order chi connectivity index (χ1) is 10.2. The highest BCUT2D eigenvalue weighted by atomic mass is 16.6. The van der Waals surface area contributed by atoms with Crippen LogP contribution in [0.3, 0.4) is 0 Å². The van der Waals surface area contributed by atoms with Gasteiger partial charge in [-0.1, -0.05) is 6.07 Å². The van der Waals surface area contributed by atoms with Gasteiger partial charge in [0.1, 0.15) is 13.2 Å². The van der Waals surface area contributed by atoms with Gasteiger partial charge in [0.2, 0.25) is 5.91 Å². The van der Waals surface area contributed by atoms with Crippen molar-refractivity contribution in [2.75, 3.05) is 26.8 Å². The van der Waals surface area contributed by atoms with Crippen molar-refractivity contribution in [2.45, 2.75) is 31.8 Å². The number of amides is 1. The highest BCUT2D eigenvalue weighted by molar-refractivity contribution is 5.81. The summed E-state index contributed by atoms with van der Waals surface area (Å²) >= 11 is 0. The second kappa shape index (κ2) is 6.35. The topological polar surface area (TPSA) is 50.8 Å². The molecule has 1 unspecified atom stereocenters. The zero-order valence-electron chi connectivity index (χ0n) is 12.4. The molecule has 5 heteroatoms. The summed E-state index contributed by atoms with van der Waals surface area (Å²) in [7, 11) is 2.01. The first-order valence-corrected chi connectivity index (χ1v) is 7.60. The van der Waals surface area contributed by atoms with Crippen LogP contribution < -0.4 is 14.8 Å². The van der Waals surface area contributed by atoms with E-state index in [2.05, 4.69) is 10.2 Å². The number of nitrogens with zero attached hydrogens (tertiary/aromatic N) is 1. The van der Waals surface area contributed by atoms with Crippen LogP contribution in [-0.2, 0) is 11.3 Å². The molecule has 0 bridgehead atoms. The molecule has 0 aliphatic carbocycles. The second-order valence-corrected chi connectivity index (χ2v) is 5.70. The van der Waals surface area contributed by atoms with Gasteiger partial charge >= 0.3 is 0 Å². The summed E-state index contributed by atoms with van der Waals surface area (Å²) in [5.41, 5.74) is 1.14. The maximum Gasteiger partial charge on any atom is 0.237 e. The third-order valence-corrected chi connectivity index (χ3v) is 4.08. The van der Waals surface area contributed by atoms with E-state index in [1.807, 2.05) is 25.2 Å². The summed E-state index contributed by atoms with van der Waals surface area (Å²) in [5, 5.41) is 2.99. The predicted molar refractivity (Wildman–Crippen MR) is 79.5 cm³/mol. The molecule has 5 nitrogen and oxygen atoms in total. The Labute approximate surface area is 125 Å². The molecule has 0 aromatic heterocycles. The SMILES string of the molecule is CN(Cc1ccc2c(c1)OCCO2)C1CCCCNC1=O. The van der Waals surface area contributed by atoms with Gasteiger partial charge in [0.25, 0.3) is 0 Å². The van der Waals surface area contributed by atoms with Crippen LogP contribution in [0.4, 0.5) is 0 Å². The Hall–Kier alpha value is -1.75. The smallest absolute Gasteiger partial charge is 0.237 e. The molecule has 0 spiro atoms. The zero-order chi connectivity index (χ0) is 14.7. The van der Waals surface area contributed by atoms with E-state index in [1.165, 1.54) is 0 Å². The molecule has 2 heterocycles. The fourth-order valence-corrected chi connectivity index (χ4v) is 2.93. The molecular formula is C16H22N2O3. The van der Waals surface area contributed by atoms with E-state index in [-0.39, 0.29) is 11.9 Å². The minimum absolute atomic E-state index is 0.0410. The summed E-state index contributed by atoms with van der Waals surface area (Å²) < 4.78 is 11.1. The number of carbonyl (C=O) groups excluding carboxylic acids is 1. The van der Waals surface area contributed by atoms with Crippen molar-refractivity contribution in [3.05, 3.63) is 23.8 Å². The Balaban J connectivity index is 1.69. The summed E-state index contributed by atoms with van der Waals surface area (Å²) in [6.45, 7) is 2.73. The molecule has 0 saturated carbocycles. The van der Waals surface area contributed by atoms with Gasteiger partial charge in [0.05, 0.1) is 6.04 Å². The predicted octanol–water partition coefficient (Wildman–Crippen LogP) is 1.56. The number of carbonyl (C=O) groups is 1. The van der Waals surface area contributed by atoms with Gasteiger partial charge in [-0.05, 0) is 44.0 Å². The summed E-state index contributed by atoms with van der Waals surface area (Å²) in [6, 6.07) is 5.96. The van der Waals surface area contributed by atoms with Crippen LogP contribution in [0.15, 0.2) is 18.2 Å². The number of likely N-dealkylation sites (N-methyl/N-ethyl adjacent to an activating group) is 1. The standard InChI is InChI=1S/C16H22N2O3/c1-18(13-4-2-3-7-17-16(13)19)11-12-5-6-14-15(10-12)21-9-8-20-14/h5-6,10,13H,2-4,7-9,11H2,1H3,(H,17,19). The number of fused-ring (bicyclic) bond motifs is 1. The average Bonchev–Trinajstić information content (AvgIpc) is 2.71. The summed E-state index contributed by atoms with van der Waals surface area (Å²) in [6.07, 6.45) is 3.09. The Morgan fingerprint density at radius 2 is 2.05 bits per heavy atom. The maximum absolute atomic E-state index is 12.1. The molecule has 0 radical (unpaired) electrons. The van der Waals surface area contributed by atoms with Gasteiger partial charge in [-0.15, -0.1) is 0 Å². The highest BCUT2D eigenvalue weighted by Crippen LogP contribution is 2.31. The van der Waals surface area contributed by atoms with Crippen LogP contribution in [0.25, 0.3) is 0 Å². The Bertz CT molecular complexity index is 518. The molecule has 1 aromatic carbocycles. The van der Waals surface area contributed by atoms with Gasteiger partial charge in [0, 0.05) is 13.1 Å². The van der Waals surface area contributed by atoms with E-state index in [0.717, 1.165) is 49.4 Å². The lowest BCUT2D eigenvalue weighted by molar-refractivity contribution is -0.125. The van der Waals surface area contributed by atoms with E-state index in [9.17, 15) is 4.79 Å². The lowest BCUT2D eigenvalue weighted by Gasteiger charge is -2.26. The van der Waals surface area contributed by atoms with Crippen molar-refractivity contribution in [1.82, 2.24) is 10.2 Å². The fourth-order valence-electron chi connectivity index (χ4n) is 2.93. The van der Waals surface area contributed by atoms with Gasteiger partial charge in [-0.3, -0.25) is 9.69 Å². The van der Waals surface area contributed by atoms with Crippen LogP contribution in [0.2, 0.25) is 0 Å². The minimum atomic E-state index is -0.0410. The molecule has 3 rings (SSSR count). The van der Waals surface area contributed by atoms with Gasteiger partial charge in [0.15, 0.2) is 11.5 Å². The Kier molecular flexibility index (Phi) is 4.29. The van der Waals surface area contributed by atoms with Crippen molar-refractivity contribution in [3.8, 4) is 11.5 Å². The van der Waals surface area contributed by atoms with Crippen molar-refractivity contribution in [2.24, 2.45) is 0 Å². The number of hydrogen-bond acceptors (Lipinski definition) is 4. The minimum Gasteiger partial charge on any atom is -0.486 e. The van der Waals surface area contributed by atoms with Gasteiger partial charge in [-0.25, -0.2) is 0 Å². The van der Waals surface area contributed by atoms with E-state index in [0.29, 0.717) is 13.2 Å². The van der Waals surface area contributed by atoms with Crippen molar-refractivity contribution < 1.29 is 14.3 Å². The quantitative estimate of drug-likeness (QED) is 0.918. The van der Waals surface area contributed by atoms with E-state index in [1.54, 1.807) is 0 Å². The first-order valence-electron chi connectivity index (χ1n) is 7.60. The number of ether oxygens (including phenoxy) is 2. The number of rotatable bonds is 3. The lowest BCUT2D eigenvalue weighted by Crippen LogP contribution is -2.43. The van der Waals surface area contributed by atoms with Crippen molar-refractivity contribution in [3.63, 3.8) is 0 Å². The van der Waals surface area contributed by atoms with Crippen LogP contribution in [0.1, 0.15) is 24.8 Å². The molecule has 1 saturated heterocycles. The zero-order valence-corrected chi connectivity index (χ0v) is 12.4. The van der Waals surface area contributed by atoms with Crippen LogP contribution in [-0.4, -0.2) is 43.7 Å². The monoisotopic (exact) mass is 290 g/mol. The van der Waals surface area contributed by atoms with Crippen LogP contribution in [0.5, 0.6) is 11.5 Å². The van der Waals surface area contributed by atoms with Crippen LogP contribution in [0, 0.1) is 0 Å². The van der Waals surface area contributed by atoms with E-state index < -0.39 is 0 Å². The molecular weight excluding hydrogens is 268 g/mol. The third-order valence-electron chi connectivity index (χ3n) is 4.08. The number of nitrogens with one attached hydrogen (secondary N) is 1. The lowest BCUT2D eigenvalue weighted by atomic mass is 10.1. The third kappa shape index (κ3) is 3.29. The summed E-state index contributed by atoms with van der Waals surface area (Å²) in [4.78, 5) is 14.2. The maximum atomic E-state index is 12.1. The molecule has 1 aromatic rings. The molecule has 2 aliphatic heterocycles. The molecule has 1 fully saturated rings. The van der Waals surface area contributed by atoms with E-state index in [4.69, 9.17) is 9.47 Å². The molecule has 1 N–H and O–H groups in total.